The molecule has 2 nitrogen and oxygen atoms in total. The molecule has 0 rings (SSSR count). The molecule has 0 fully saturated rings. The molecule has 1 N–H and O–H groups in total. The minimum atomic E-state index is -8.06. The number of hydrogen-bond acceptors (Lipinski definition) is 1. The minimum Gasteiger partial charge on any atom is -0.301 e. The molecule has 0 aromatic carbocycles. The third-order valence-electron chi connectivity index (χ3n) is 2.12. The average molecular weight is 384 g/mol. The van der Waals surface area contributed by atoms with Gasteiger partial charge in [0.25, 0.3) is 0 Å². The third-order valence-corrected chi connectivity index (χ3v) is 2.82. The first-order valence-electron chi connectivity index (χ1n) is 4.26. The number of hydrogen-bond donors (Lipinski definition) is 1. The molecular formula is C6HF13O2S. The molecule has 22 heavy (non-hydrogen) atoms. The second-order valence-electron chi connectivity index (χ2n) is 3.56. The van der Waals surface area contributed by atoms with E-state index in [2.05, 4.69) is 0 Å². The fourth-order valence-corrected chi connectivity index (χ4v) is 1.21. The van der Waals surface area contributed by atoms with Crippen molar-refractivity contribution in [3.63, 3.8) is 0 Å². The maximum absolute atomic E-state index is 12.7. The SMILES string of the molecule is O=S(O)C(F)(F)C(F)(F)C(F)(F)C(F)(F)C(F)(F)C(F)(F)F. The summed E-state index contributed by atoms with van der Waals surface area (Å²) in [6.45, 7) is 0. The van der Waals surface area contributed by atoms with Gasteiger partial charge in [0.15, 0.2) is 0 Å². The van der Waals surface area contributed by atoms with Crippen LogP contribution in [-0.4, -0.2) is 43.9 Å². The molecule has 0 heterocycles. The van der Waals surface area contributed by atoms with Gasteiger partial charge in [0.1, 0.15) is 0 Å². The first kappa shape index (κ1) is 21.2. The summed E-state index contributed by atoms with van der Waals surface area (Å²) >= 11 is -5.30. The molecule has 1 unspecified atom stereocenters. The molecule has 0 aliphatic rings. The Morgan fingerprint density at radius 1 is 0.545 bits per heavy atom. The van der Waals surface area contributed by atoms with Crippen molar-refractivity contribution >= 4 is 11.1 Å². The summed E-state index contributed by atoms with van der Waals surface area (Å²) in [5.41, 5.74) is 0. The lowest BCUT2D eigenvalue weighted by atomic mass is 9.98. The van der Waals surface area contributed by atoms with E-state index in [9.17, 15) is 61.3 Å². The van der Waals surface area contributed by atoms with Crippen molar-refractivity contribution < 1.29 is 65.8 Å². The van der Waals surface area contributed by atoms with Crippen LogP contribution in [0.15, 0.2) is 0 Å². The van der Waals surface area contributed by atoms with E-state index in [1.54, 1.807) is 0 Å². The molecule has 0 radical (unpaired) electrons. The van der Waals surface area contributed by atoms with Crippen LogP contribution in [0.4, 0.5) is 57.1 Å². The molecule has 1 atom stereocenters. The predicted octanol–water partition coefficient (Wildman–Crippen LogP) is 3.90. The van der Waals surface area contributed by atoms with Crippen LogP contribution >= 0.6 is 0 Å². The van der Waals surface area contributed by atoms with Crippen LogP contribution in [0.2, 0.25) is 0 Å². The van der Waals surface area contributed by atoms with Crippen LogP contribution in [0.25, 0.3) is 0 Å². The zero-order valence-electron chi connectivity index (χ0n) is 9.18. The Morgan fingerprint density at radius 3 is 1.05 bits per heavy atom. The first-order valence-corrected chi connectivity index (χ1v) is 5.37. The molecule has 0 saturated heterocycles. The van der Waals surface area contributed by atoms with Gasteiger partial charge in [-0.1, -0.05) is 0 Å². The first-order chi connectivity index (χ1) is 9.19. The third kappa shape index (κ3) is 2.52. The molecule has 16 heteroatoms. The van der Waals surface area contributed by atoms with E-state index in [0.29, 0.717) is 0 Å². The van der Waals surface area contributed by atoms with Gasteiger partial charge in [-0.2, -0.15) is 57.1 Å². The van der Waals surface area contributed by atoms with Gasteiger partial charge in [0.2, 0.25) is 11.1 Å². The highest BCUT2D eigenvalue weighted by Gasteiger charge is 2.91. The Bertz CT molecular complexity index is 452. The highest BCUT2D eigenvalue weighted by Crippen LogP contribution is 2.60. The quantitative estimate of drug-likeness (QED) is 0.577. The zero-order chi connectivity index (χ0) is 18.6. The number of alkyl halides is 13. The van der Waals surface area contributed by atoms with Crippen LogP contribution in [0.3, 0.4) is 0 Å². The molecule has 0 saturated carbocycles. The van der Waals surface area contributed by atoms with Gasteiger partial charge >= 0.3 is 35.1 Å². The van der Waals surface area contributed by atoms with Crippen molar-refractivity contribution in [2.45, 2.75) is 35.1 Å². The topological polar surface area (TPSA) is 37.3 Å². The maximum atomic E-state index is 12.7. The predicted molar refractivity (Wildman–Crippen MR) is 41.6 cm³/mol. The van der Waals surface area contributed by atoms with Gasteiger partial charge in [-0.05, 0) is 0 Å². The van der Waals surface area contributed by atoms with Crippen molar-refractivity contribution in [2.24, 2.45) is 0 Å². The van der Waals surface area contributed by atoms with Crippen molar-refractivity contribution in [1.82, 2.24) is 0 Å². The summed E-state index contributed by atoms with van der Waals surface area (Å²) in [6, 6.07) is 0. The smallest absolute Gasteiger partial charge is 0.301 e. The van der Waals surface area contributed by atoms with Gasteiger partial charge in [-0.15, -0.1) is 0 Å². The van der Waals surface area contributed by atoms with Crippen molar-refractivity contribution in [1.29, 1.82) is 0 Å². The minimum absolute atomic E-state index is 5.30. The van der Waals surface area contributed by atoms with Crippen molar-refractivity contribution in [3.05, 3.63) is 0 Å². The lowest BCUT2D eigenvalue weighted by Gasteiger charge is -2.38. The van der Waals surface area contributed by atoms with E-state index in [1.165, 1.54) is 0 Å². The van der Waals surface area contributed by atoms with Crippen LogP contribution in [0.5, 0.6) is 0 Å². The average Bonchev–Trinajstić information content (AvgIpc) is 2.25. The van der Waals surface area contributed by atoms with Crippen LogP contribution < -0.4 is 0 Å². The Morgan fingerprint density at radius 2 is 0.818 bits per heavy atom. The Balaban J connectivity index is 6.29. The molecule has 0 aliphatic carbocycles. The Kier molecular flexibility index (Phi) is 4.92. The van der Waals surface area contributed by atoms with Gasteiger partial charge in [0.05, 0.1) is 0 Å². The van der Waals surface area contributed by atoms with E-state index >= 15 is 0 Å². The van der Waals surface area contributed by atoms with E-state index in [-0.39, 0.29) is 0 Å². The number of halogens is 13. The van der Waals surface area contributed by atoms with Crippen LogP contribution in [-0.2, 0) is 11.1 Å². The molecule has 0 aromatic heterocycles. The normalized spacial score (nSPS) is 17.5. The van der Waals surface area contributed by atoms with Gasteiger partial charge in [-0.3, -0.25) is 0 Å². The fourth-order valence-electron chi connectivity index (χ4n) is 0.865. The monoisotopic (exact) mass is 384 g/mol. The summed E-state index contributed by atoms with van der Waals surface area (Å²) in [4.78, 5) is 0. The van der Waals surface area contributed by atoms with Crippen LogP contribution in [0.1, 0.15) is 0 Å². The van der Waals surface area contributed by atoms with Crippen molar-refractivity contribution in [3.8, 4) is 0 Å². The van der Waals surface area contributed by atoms with Crippen LogP contribution in [0, 0.1) is 0 Å². The molecule has 0 aromatic rings. The Hall–Kier alpha value is -0.800. The van der Waals surface area contributed by atoms with E-state index in [1.807, 2.05) is 0 Å². The lowest BCUT2D eigenvalue weighted by molar-refractivity contribution is -0.433. The maximum Gasteiger partial charge on any atom is 0.460 e. The standard InChI is InChI=1S/C6HF13O2S/c7-1(8,3(11,12)5(15,16)17)2(9,10)4(13,14)6(18,19)22(20)21/h(H,20,21). The Labute approximate surface area is 113 Å². The van der Waals surface area contributed by atoms with E-state index in [0.717, 1.165) is 0 Å². The summed E-state index contributed by atoms with van der Waals surface area (Å²) in [7, 11) is 0. The van der Waals surface area contributed by atoms with Crippen molar-refractivity contribution in [2.75, 3.05) is 0 Å². The van der Waals surface area contributed by atoms with E-state index < -0.39 is 46.2 Å². The highest BCUT2D eigenvalue weighted by atomic mass is 32.2. The molecule has 0 bridgehead atoms. The summed E-state index contributed by atoms with van der Waals surface area (Å²) in [6.07, 6.45) is -7.51. The fraction of sp³-hybridized carbons (Fsp3) is 1.00. The van der Waals surface area contributed by atoms with Gasteiger partial charge in [0, 0.05) is 0 Å². The lowest BCUT2D eigenvalue weighted by Crippen LogP contribution is -2.70. The molecule has 0 spiro atoms. The molecule has 0 aliphatic heterocycles. The summed E-state index contributed by atoms with van der Waals surface area (Å²) < 4.78 is 177. The molecule has 134 valence electrons. The zero-order valence-corrected chi connectivity index (χ0v) is 9.99. The van der Waals surface area contributed by atoms with E-state index in [4.69, 9.17) is 4.55 Å². The summed E-state index contributed by atoms with van der Waals surface area (Å²) in [5.74, 6) is -31.7. The second-order valence-corrected chi connectivity index (χ2v) is 4.57. The number of rotatable bonds is 5. The second kappa shape index (κ2) is 5.10. The molecular weight excluding hydrogens is 383 g/mol. The largest absolute Gasteiger partial charge is 0.460 e. The summed E-state index contributed by atoms with van der Waals surface area (Å²) in [5, 5.41) is -6.96. The molecule has 0 amide bonds. The highest BCUT2D eigenvalue weighted by molar-refractivity contribution is 7.80. The van der Waals surface area contributed by atoms with Gasteiger partial charge in [-0.25, -0.2) is 4.21 Å². The van der Waals surface area contributed by atoms with Gasteiger partial charge < -0.3 is 4.55 Å².